The molecule has 0 spiro atoms. The van der Waals surface area contributed by atoms with Crippen molar-refractivity contribution in [2.24, 2.45) is 50.2 Å². The summed E-state index contributed by atoms with van der Waals surface area (Å²) in [6, 6.07) is 0. The van der Waals surface area contributed by atoms with Crippen LogP contribution in [0.1, 0.15) is 106 Å². The molecule has 69 heavy (non-hydrogen) atoms. The molecule has 0 radical (unpaired) electrons. The molecule has 5 aliphatic carbocycles. The number of aliphatic hydroxyl groups is 9. The highest BCUT2D eigenvalue weighted by Gasteiger charge is 2.70. The van der Waals surface area contributed by atoms with Gasteiger partial charge in [-0.15, -0.1) is 0 Å². The molecule has 21 nitrogen and oxygen atoms in total. The van der Waals surface area contributed by atoms with Crippen LogP contribution in [0.25, 0.3) is 0 Å². The second-order valence-electron chi connectivity index (χ2n) is 23.3. The molecule has 392 valence electrons. The largest absolute Gasteiger partial charge is 0.481 e. The third-order valence-corrected chi connectivity index (χ3v) is 19.8. The van der Waals surface area contributed by atoms with Crippen LogP contribution in [0.15, 0.2) is 11.6 Å². The summed E-state index contributed by atoms with van der Waals surface area (Å²) < 4.78 is 35.5. The number of hydrogen-bond acceptors (Lipinski definition) is 18. The van der Waals surface area contributed by atoms with Crippen LogP contribution < -0.4 is 0 Å². The molecular formula is C48H74O21. The standard InChI is InChI=1S/C48H74O21/c1-19-26(51)27(52)32(57)39(64-19)68-36-31(56)29(54)34(38(60)61)67-41(36)69-35-30(55)28(53)33(37(58)59)66-40(35)65-25-11-12-44(3)22(46(25,5)18-49)10-13-48(7)23(44)9-8-20-21-16-45(4,42(62)63)24(50)17-43(21,2)14-15-47(20,48)6/h8,19,21-36,39-41,49-57H,9-18H2,1-7H3,(H,58,59)(H,60,61)(H,62,63). The lowest BCUT2D eigenvalue weighted by atomic mass is 9.33. The first kappa shape index (κ1) is 52.9. The van der Waals surface area contributed by atoms with E-state index in [0.717, 1.165) is 19.3 Å². The third kappa shape index (κ3) is 8.03. The molecule has 4 saturated carbocycles. The first-order valence-corrected chi connectivity index (χ1v) is 24.4. The first-order valence-electron chi connectivity index (χ1n) is 24.4. The number of aliphatic carboxylic acids is 3. The van der Waals surface area contributed by atoms with Crippen molar-refractivity contribution < 1.29 is 104 Å². The Hall–Kier alpha value is -2.45. The second kappa shape index (κ2) is 18.2. The molecule has 21 heteroatoms. The van der Waals surface area contributed by atoms with E-state index < -0.39 is 145 Å². The van der Waals surface area contributed by atoms with Crippen molar-refractivity contribution in [2.45, 2.75) is 211 Å². The van der Waals surface area contributed by atoms with Crippen LogP contribution in [0.3, 0.4) is 0 Å². The molecule has 26 unspecified atom stereocenters. The summed E-state index contributed by atoms with van der Waals surface area (Å²) in [7, 11) is 0. The predicted molar refractivity (Wildman–Crippen MR) is 233 cm³/mol. The SMILES string of the molecule is CC1OC(OC2C(OC3C(OC4CCC5(C)C(CCC6(C)C5CC=C5C7CC(C)(C(=O)O)C(O)CC7(C)CCC56C)C4(C)CO)OC(C(=O)O)C(O)C3O)OC(C(=O)O)C(O)C2O)C(O)C(O)C1O. The van der Waals surface area contributed by atoms with E-state index in [0.29, 0.717) is 38.5 Å². The zero-order valence-electron chi connectivity index (χ0n) is 40.2. The monoisotopic (exact) mass is 986 g/mol. The Kier molecular flexibility index (Phi) is 13.9. The van der Waals surface area contributed by atoms with Crippen LogP contribution in [0, 0.1) is 50.2 Å². The van der Waals surface area contributed by atoms with Crippen molar-refractivity contribution in [1.82, 2.24) is 0 Å². The number of rotatable bonds is 10. The van der Waals surface area contributed by atoms with Crippen LogP contribution in [-0.4, -0.2) is 190 Å². The number of aliphatic hydroxyl groups excluding tert-OH is 9. The molecule has 0 aromatic rings. The summed E-state index contributed by atoms with van der Waals surface area (Å²) in [6.45, 7) is 13.6. The van der Waals surface area contributed by atoms with E-state index in [1.165, 1.54) is 12.5 Å². The highest BCUT2D eigenvalue weighted by Crippen LogP contribution is 2.76. The first-order chi connectivity index (χ1) is 32.0. The maximum atomic E-state index is 12.6. The Morgan fingerprint density at radius 2 is 1.20 bits per heavy atom. The fourth-order valence-corrected chi connectivity index (χ4v) is 15.1. The van der Waals surface area contributed by atoms with E-state index in [1.54, 1.807) is 6.92 Å². The van der Waals surface area contributed by atoms with E-state index >= 15 is 0 Å². The van der Waals surface area contributed by atoms with Gasteiger partial charge < -0.3 is 89.7 Å². The van der Waals surface area contributed by atoms with Gasteiger partial charge in [0, 0.05) is 5.41 Å². The Bertz CT molecular complexity index is 2010. The lowest BCUT2D eigenvalue weighted by Gasteiger charge is -2.71. The average Bonchev–Trinajstić information content (AvgIpc) is 3.28. The maximum absolute atomic E-state index is 12.6. The molecule has 8 aliphatic rings. The zero-order chi connectivity index (χ0) is 50.9. The highest BCUT2D eigenvalue weighted by molar-refractivity contribution is 5.75. The van der Waals surface area contributed by atoms with Crippen molar-refractivity contribution in [3.05, 3.63) is 11.6 Å². The lowest BCUT2D eigenvalue weighted by molar-refractivity contribution is -0.393. The van der Waals surface area contributed by atoms with Gasteiger partial charge in [0.05, 0.1) is 30.3 Å². The van der Waals surface area contributed by atoms with Gasteiger partial charge in [0.1, 0.15) is 54.9 Å². The fourth-order valence-electron chi connectivity index (χ4n) is 15.1. The minimum Gasteiger partial charge on any atom is -0.481 e. The van der Waals surface area contributed by atoms with Gasteiger partial charge >= 0.3 is 17.9 Å². The minimum atomic E-state index is -2.18. The van der Waals surface area contributed by atoms with Gasteiger partial charge in [0.25, 0.3) is 0 Å². The zero-order valence-corrected chi connectivity index (χ0v) is 40.2. The summed E-state index contributed by atoms with van der Waals surface area (Å²) in [5.74, 6) is -4.55. The van der Waals surface area contributed by atoms with Gasteiger partial charge in [0.15, 0.2) is 31.1 Å². The van der Waals surface area contributed by atoms with E-state index in [2.05, 4.69) is 33.8 Å². The van der Waals surface area contributed by atoms with Gasteiger partial charge in [-0.1, -0.05) is 46.3 Å². The molecule has 0 aromatic carbocycles. The van der Waals surface area contributed by atoms with E-state index in [-0.39, 0.29) is 34.0 Å². The van der Waals surface area contributed by atoms with E-state index in [9.17, 15) is 75.7 Å². The number of carboxylic acid groups (broad SMARTS) is 3. The molecule has 8 rings (SSSR count). The Morgan fingerprint density at radius 3 is 1.75 bits per heavy atom. The molecule has 3 aliphatic heterocycles. The molecule has 3 heterocycles. The summed E-state index contributed by atoms with van der Waals surface area (Å²) in [5, 5.41) is 129. The number of carbonyl (C=O) groups is 3. The Morgan fingerprint density at radius 1 is 0.638 bits per heavy atom. The molecular weight excluding hydrogens is 913 g/mol. The number of allylic oxidation sites excluding steroid dienone is 2. The maximum Gasteiger partial charge on any atom is 0.335 e. The number of carboxylic acids is 3. The van der Waals surface area contributed by atoms with Crippen molar-refractivity contribution >= 4 is 17.9 Å². The average molecular weight is 987 g/mol. The quantitative estimate of drug-likeness (QED) is 0.100. The molecule has 0 amide bonds. The molecule has 0 aromatic heterocycles. The second-order valence-corrected chi connectivity index (χ2v) is 23.3. The summed E-state index contributed by atoms with van der Waals surface area (Å²) in [6.07, 6.45) is -23.3. The molecule has 7 fully saturated rings. The van der Waals surface area contributed by atoms with Gasteiger partial charge in [-0.3, -0.25) is 4.79 Å². The summed E-state index contributed by atoms with van der Waals surface area (Å²) >= 11 is 0. The highest BCUT2D eigenvalue weighted by atomic mass is 16.8. The van der Waals surface area contributed by atoms with E-state index in [1.807, 2.05) is 6.92 Å². The Balaban J connectivity index is 1.08. The van der Waals surface area contributed by atoms with Crippen molar-refractivity contribution in [3.63, 3.8) is 0 Å². The van der Waals surface area contributed by atoms with Gasteiger partial charge in [-0.2, -0.15) is 0 Å². The third-order valence-electron chi connectivity index (χ3n) is 19.8. The summed E-state index contributed by atoms with van der Waals surface area (Å²) in [5.41, 5.74) is -2.27. The van der Waals surface area contributed by atoms with Crippen LogP contribution in [0.2, 0.25) is 0 Å². The topological polar surface area (TPSA) is 349 Å². The van der Waals surface area contributed by atoms with Crippen LogP contribution in [-0.2, 0) is 42.8 Å². The molecule has 0 bridgehead atoms. The van der Waals surface area contributed by atoms with Crippen molar-refractivity contribution in [1.29, 1.82) is 0 Å². The number of hydrogen-bond donors (Lipinski definition) is 12. The normalized spacial score (nSPS) is 55.3. The van der Waals surface area contributed by atoms with Crippen molar-refractivity contribution in [2.75, 3.05) is 6.61 Å². The molecule has 3 saturated heterocycles. The number of fused-ring (bicyclic) bond motifs is 7. The van der Waals surface area contributed by atoms with Gasteiger partial charge in [-0.05, 0) is 111 Å². The van der Waals surface area contributed by atoms with Gasteiger partial charge in [0.2, 0.25) is 0 Å². The Labute approximate surface area is 400 Å². The summed E-state index contributed by atoms with van der Waals surface area (Å²) in [4.78, 5) is 37.4. The minimum absolute atomic E-state index is 0.0351. The van der Waals surface area contributed by atoms with Gasteiger partial charge in [-0.25, -0.2) is 9.59 Å². The lowest BCUT2D eigenvalue weighted by Crippen LogP contribution is -2.68. The van der Waals surface area contributed by atoms with Crippen LogP contribution in [0.4, 0.5) is 0 Å². The fraction of sp³-hybridized carbons (Fsp3) is 0.896. The predicted octanol–water partition coefficient (Wildman–Crippen LogP) is -0.138. The smallest absolute Gasteiger partial charge is 0.335 e. The molecule has 26 atom stereocenters. The van der Waals surface area contributed by atoms with E-state index in [4.69, 9.17) is 28.4 Å². The van der Waals surface area contributed by atoms with Crippen molar-refractivity contribution in [3.8, 4) is 0 Å². The molecule has 12 N–H and O–H groups in total. The number of ether oxygens (including phenoxy) is 6. The van der Waals surface area contributed by atoms with Crippen LogP contribution >= 0.6 is 0 Å². The van der Waals surface area contributed by atoms with Crippen LogP contribution in [0.5, 0.6) is 0 Å².